The van der Waals surface area contributed by atoms with Crippen LogP contribution in [0.15, 0.2) is 18.2 Å². The van der Waals surface area contributed by atoms with Crippen molar-refractivity contribution in [2.75, 3.05) is 6.61 Å². The highest BCUT2D eigenvalue weighted by Gasteiger charge is 2.45. The van der Waals surface area contributed by atoms with Crippen molar-refractivity contribution < 1.29 is 44.9 Å². The van der Waals surface area contributed by atoms with Gasteiger partial charge in [-0.15, -0.1) is 0 Å². The molecule has 6 N–H and O–H groups in total. The van der Waals surface area contributed by atoms with Gasteiger partial charge in [0.1, 0.15) is 41.5 Å². The summed E-state index contributed by atoms with van der Waals surface area (Å²) in [4.78, 5) is 11.1. The SMILES string of the molecule is O=C(O)c1ccc(O)cc1O[C@@H]1O[C@H](CO)[C@@H](O)[C@H](O)[C@H]1O. The van der Waals surface area contributed by atoms with Crippen LogP contribution in [-0.4, -0.2) is 73.9 Å². The second-order valence-electron chi connectivity index (χ2n) is 4.80. The number of phenols is 1. The first-order valence-electron chi connectivity index (χ1n) is 6.38. The van der Waals surface area contributed by atoms with Crippen LogP contribution in [0.25, 0.3) is 0 Å². The Morgan fingerprint density at radius 1 is 1.18 bits per heavy atom. The number of ether oxygens (including phenoxy) is 2. The van der Waals surface area contributed by atoms with Crippen LogP contribution in [0.4, 0.5) is 0 Å². The fourth-order valence-corrected chi connectivity index (χ4v) is 2.08. The summed E-state index contributed by atoms with van der Waals surface area (Å²) >= 11 is 0. The number of phenolic OH excluding ortho intramolecular Hbond substituents is 1. The number of hydrogen-bond acceptors (Lipinski definition) is 8. The van der Waals surface area contributed by atoms with Crippen molar-refractivity contribution in [3.63, 3.8) is 0 Å². The van der Waals surface area contributed by atoms with Crippen LogP contribution in [0, 0.1) is 0 Å². The van der Waals surface area contributed by atoms with Gasteiger partial charge in [0, 0.05) is 6.07 Å². The molecule has 9 nitrogen and oxygen atoms in total. The average Bonchev–Trinajstić information content (AvgIpc) is 2.47. The average molecular weight is 316 g/mol. The summed E-state index contributed by atoms with van der Waals surface area (Å²) in [7, 11) is 0. The molecule has 122 valence electrons. The molecule has 2 rings (SSSR count). The number of carbonyl (C=O) groups is 1. The molecule has 0 amide bonds. The molecule has 1 aliphatic heterocycles. The predicted octanol–water partition coefficient (Wildman–Crippen LogP) is -1.73. The lowest BCUT2D eigenvalue weighted by Gasteiger charge is -2.39. The summed E-state index contributed by atoms with van der Waals surface area (Å²) in [6, 6.07) is 3.24. The van der Waals surface area contributed by atoms with Gasteiger partial charge in [0.25, 0.3) is 0 Å². The van der Waals surface area contributed by atoms with Crippen LogP contribution in [0.2, 0.25) is 0 Å². The number of aromatic carboxylic acids is 1. The zero-order valence-electron chi connectivity index (χ0n) is 11.2. The predicted molar refractivity (Wildman–Crippen MR) is 69.5 cm³/mol. The molecule has 1 aliphatic rings. The van der Waals surface area contributed by atoms with Crippen LogP contribution in [-0.2, 0) is 4.74 Å². The molecule has 0 bridgehead atoms. The summed E-state index contributed by atoms with van der Waals surface area (Å²) < 4.78 is 10.3. The molecule has 1 heterocycles. The standard InChI is InChI=1S/C13H16O9/c14-4-8-9(16)10(17)11(18)13(22-8)21-7-3-5(15)1-2-6(7)12(19)20/h1-3,8-11,13-18H,4H2,(H,19,20)/t8-,9-,10+,11-,13-/m1/s1. The molecule has 0 aromatic heterocycles. The number of hydrogen-bond donors (Lipinski definition) is 6. The van der Waals surface area contributed by atoms with Crippen molar-refractivity contribution in [2.24, 2.45) is 0 Å². The van der Waals surface area contributed by atoms with E-state index in [4.69, 9.17) is 19.7 Å². The molecule has 5 atom stereocenters. The van der Waals surface area contributed by atoms with Crippen molar-refractivity contribution in [3.8, 4) is 11.5 Å². The maximum absolute atomic E-state index is 11.1. The topological polar surface area (TPSA) is 157 Å². The highest BCUT2D eigenvalue weighted by Crippen LogP contribution is 2.29. The fourth-order valence-electron chi connectivity index (χ4n) is 2.08. The number of benzene rings is 1. The smallest absolute Gasteiger partial charge is 0.339 e. The second-order valence-corrected chi connectivity index (χ2v) is 4.80. The van der Waals surface area contributed by atoms with Gasteiger partial charge < -0.3 is 40.1 Å². The van der Waals surface area contributed by atoms with E-state index in [2.05, 4.69) is 0 Å². The normalized spacial score (nSPS) is 31.7. The monoisotopic (exact) mass is 316 g/mol. The Morgan fingerprint density at radius 3 is 2.45 bits per heavy atom. The molecule has 0 aliphatic carbocycles. The van der Waals surface area contributed by atoms with E-state index in [1.165, 1.54) is 0 Å². The third-order valence-electron chi connectivity index (χ3n) is 3.29. The Bertz CT molecular complexity index is 544. The van der Waals surface area contributed by atoms with E-state index >= 15 is 0 Å². The zero-order valence-corrected chi connectivity index (χ0v) is 11.2. The van der Waals surface area contributed by atoms with Gasteiger partial charge in [0.15, 0.2) is 0 Å². The minimum Gasteiger partial charge on any atom is -0.508 e. The van der Waals surface area contributed by atoms with E-state index < -0.39 is 43.3 Å². The van der Waals surface area contributed by atoms with Crippen LogP contribution in [0.1, 0.15) is 10.4 Å². The van der Waals surface area contributed by atoms with Crippen molar-refractivity contribution in [1.29, 1.82) is 0 Å². The van der Waals surface area contributed by atoms with E-state index in [0.717, 1.165) is 18.2 Å². The molecule has 0 saturated carbocycles. The fraction of sp³-hybridized carbons (Fsp3) is 0.462. The Labute approximate surface area is 124 Å². The highest BCUT2D eigenvalue weighted by atomic mass is 16.7. The third kappa shape index (κ3) is 3.13. The molecular formula is C13H16O9. The van der Waals surface area contributed by atoms with E-state index in [-0.39, 0.29) is 17.1 Å². The molecule has 1 aromatic carbocycles. The van der Waals surface area contributed by atoms with Gasteiger partial charge in [-0.3, -0.25) is 0 Å². The first kappa shape index (κ1) is 16.5. The van der Waals surface area contributed by atoms with Gasteiger partial charge in [-0.25, -0.2) is 4.79 Å². The summed E-state index contributed by atoms with van der Waals surface area (Å²) in [6.45, 7) is -0.642. The molecule has 0 unspecified atom stereocenters. The van der Waals surface area contributed by atoms with Crippen molar-refractivity contribution >= 4 is 5.97 Å². The molecule has 1 saturated heterocycles. The molecule has 1 aromatic rings. The van der Waals surface area contributed by atoms with Crippen molar-refractivity contribution in [2.45, 2.75) is 30.7 Å². The van der Waals surface area contributed by atoms with Crippen LogP contribution in [0.5, 0.6) is 11.5 Å². The number of aliphatic hydroxyl groups excluding tert-OH is 4. The van der Waals surface area contributed by atoms with Crippen molar-refractivity contribution in [3.05, 3.63) is 23.8 Å². The maximum atomic E-state index is 11.1. The number of carboxylic acid groups (broad SMARTS) is 1. The first-order chi connectivity index (χ1) is 10.3. The van der Waals surface area contributed by atoms with Crippen LogP contribution >= 0.6 is 0 Å². The van der Waals surface area contributed by atoms with Crippen LogP contribution in [0.3, 0.4) is 0 Å². The largest absolute Gasteiger partial charge is 0.508 e. The summed E-state index contributed by atoms with van der Waals surface area (Å²) in [5.41, 5.74) is -0.297. The number of rotatable bonds is 4. The maximum Gasteiger partial charge on any atom is 0.339 e. The second kappa shape index (κ2) is 6.46. The molecular weight excluding hydrogens is 300 g/mol. The molecule has 1 fully saturated rings. The van der Waals surface area contributed by atoms with Gasteiger partial charge >= 0.3 is 5.97 Å². The lowest BCUT2D eigenvalue weighted by atomic mass is 9.99. The van der Waals surface area contributed by atoms with E-state index in [1.54, 1.807) is 0 Å². The number of carboxylic acids is 1. The van der Waals surface area contributed by atoms with Crippen LogP contribution < -0.4 is 4.74 Å². The molecule has 0 spiro atoms. The minimum atomic E-state index is -1.68. The Hall–Kier alpha value is -1.91. The number of aromatic hydroxyl groups is 1. The lowest BCUT2D eigenvalue weighted by Crippen LogP contribution is -2.60. The molecule has 0 radical (unpaired) electrons. The third-order valence-corrected chi connectivity index (χ3v) is 3.29. The highest BCUT2D eigenvalue weighted by molar-refractivity contribution is 5.91. The summed E-state index contributed by atoms with van der Waals surface area (Å²) in [5.74, 6) is -1.90. The quantitative estimate of drug-likeness (QED) is 0.380. The zero-order chi connectivity index (χ0) is 16.4. The van der Waals surface area contributed by atoms with Gasteiger partial charge in [-0.1, -0.05) is 0 Å². The van der Waals surface area contributed by atoms with Gasteiger partial charge in [-0.2, -0.15) is 0 Å². The van der Waals surface area contributed by atoms with Gasteiger partial charge in [0.05, 0.1) is 6.61 Å². The molecule has 9 heteroatoms. The lowest BCUT2D eigenvalue weighted by molar-refractivity contribution is -0.277. The van der Waals surface area contributed by atoms with Crippen molar-refractivity contribution in [1.82, 2.24) is 0 Å². The van der Waals surface area contributed by atoms with Gasteiger partial charge in [-0.05, 0) is 12.1 Å². The van der Waals surface area contributed by atoms with E-state index in [9.17, 15) is 25.2 Å². The molecule has 22 heavy (non-hydrogen) atoms. The van der Waals surface area contributed by atoms with E-state index in [0.29, 0.717) is 0 Å². The number of aliphatic hydroxyl groups is 4. The van der Waals surface area contributed by atoms with Gasteiger partial charge in [0.2, 0.25) is 6.29 Å². The Balaban J connectivity index is 2.26. The summed E-state index contributed by atoms with van der Waals surface area (Å²) in [5, 5.41) is 56.6. The minimum absolute atomic E-state index is 0.274. The Morgan fingerprint density at radius 2 is 1.86 bits per heavy atom. The van der Waals surface area contributed by atoms with E-state index in [1.807, 2.05) is 0 Å². The first-order valence-corrected chi connectivity index (χ1v) is 6.38. The Kier molecular flexibility index (Phi) is 4.84. The summed E-state index contributed by atoms with van der Waals surface area (Å²) in [6.07, 6.45) is -7.60.